The van der Waals surface area contributed by atoms with Crippen LogP contribution >= 0.6 is 0 Å². The molecule has 0 spiro atoms. The van der Waals surface area contributed by atoms with Gasteiger partial charge in [0, 0.05) is 22.5 Å². The van der Waals surface area contributed by atoms with Crippen LogP contribution < -0.4 is 4.72 Å². The molecule has 158 valence electrons. The van der Waals surface area contributed by atoms with Gasteiger partial charge in [-0.3, -0.25) is 14.9 Å². The quantitative estimate of drug-likeness (QED) is 0.365. The lowest BCUT2D eigenvalue weighted by molar-refractivity contribution is 0.578. The molecule has 0 atom stereocenters. The normalized spacial score (nSPS) is 11.4. The van der Waals surface area contributed by atoms with E-state index in [0.29, 0.717) is 27.5 Å². The first kappa shape index (κ1) is 19.7. The largest absolute Gasteiger partial charge is 0.278 e. The van der Waals surface area contributed by atoms with Crippen molar-refractivity contribution in [3.8, 4) is 11.8 Å². The number of sulfonamides is 1. The fraction of sp³-hybridized carbons (Fsp3) is 0. The van der Waals surface area contributed by atoms with Gasteiger partial charge < -0.3 is 0 Å². The summed E-state index contributed by atoms with van der Waals surface area (Å²) in [5, 5.41) is 14.3. The van der Waals surface area contributed by atoms with Crippen molar-refractivity contribution >= 4 is 37.6 Å². The van der Waals surface area contributed by atoms with Gasteiger partial charge >= 0.3 is 0 Å². The molecule has 8 nitrogen and oxygen atoms in total. The SMILES string of the molecule is O=S(=O)(Nc1ccc(F)c(C#Cc2cnc3[nH]ncc3c2)c1F)c1ccc2[nH]ncc2c1. The van der Waals surface area contributed by atoms with E-state index in [1.54, 1.807) is 18.3 Å². The van der Waals surface area contributed by atoms with Gasteiger partial charge in [-0.05, 0) is 36.4 Å². The smallest absolute Gasteiger partial charge is 0.262 e. The summed E-state index contributed by atoms with van der Waals surface area (Å²) in [6, 6.07) is 7.89. The molecule has 0 bridgehead atoms. The summed E-state index contributed by atoms with van der Waals surface area (Å²) in [7, 11) is -4.14. The molecule has 0 fully saturated rings. The summed E-state index contributed by atoms with van der Waals surface area (Å²) < 4.78 is 56.9. The Morgan fingerprint density at radius 1 is 0.906 bits per heavy atom. The van der Waals surface area contributed by atoms with Crippen LogP contribution in [-0.4, -0.2) is 33.8 Å². The summed E-state index contributed by atoms with van der Waals surface area (Å²) in [6.07, 6.45) is 4.45. The van der Waals surface area contributed by atoms with E-state index in [9.17, 15) is 17.2 Å². The number of hydrogen-bond acceptors (Lipinski definition) is 5. The fourth-order valence-corrected chi connectivity index (χ4v) is 4.17. The molecular formula is C21H12F2N6O2S. The van der Waals surface area contributed by atoms with Crippen LogP contribution in [0.3, 0.4) is 0 Å². The lowest BCUT2D eigenvalue weighted by Crippen LogP contribution is -2.14. The second-order valence-corrected chi connectivity index (χ2v) is 8.47. The van der Waals surface area contributed by atoms with Crippen molar-refractivity contribution in [3.05, 3.63) is 77.8 Å². The number of anilines is 1. The van der Waals surface area contributed by atoms with E-state index in [4.69, 9.17) is 0 Å². The Bertz CT molecular complexity index is 1660. The van der Waals surface area contributed by atoms with Gasteiger partial charge in [-0.15, -0.1) is 0 Å². The van der Waals surface area contributed by atoms with Gasteiger partial charge in [-0.1, -0.05) is 11.8 Å². The van der Waals surface area contributed by atoms with E-state index in [2.05, 4.69) is 41.9 Å². The topological polar surface area (TPSA) is 116 Å². The van der Waals surface area contributed by atoms with Crippen molar-refractivity contribution in [2.24, 2.45) is 0 Å². The second-order valence-electron chi connectivity index (χ2n) is 6.79. The van der Waals surface area contributed by atoms with Crippen LogP contribution in [0.1, 0.15) is 11.1 Å². The number of aromatic nitrogens is 5. The Morgan fingerprint density at radius 2 is 1.72 bits per heavy atom. The van der Waals surface area contributed by atoms with E-state index < -0.39 is 32.9 Å². The van der Waals surface area contributed by atoms with Gasteiger partial charge in [0.2, 0.25) is 0 Å². The molecule has 0 aliphatic heterocycles. The third-order valence-corrected chi connectivity index (χ3v) is 6.04. The first-order chi connectivity index (χ1) is 15.4. The fourth-order valence-electron chi connectivity index (χ4n) is 3.08. The molecule has 0 radical (unpaired) electrons. The maximum absolute atomic E-state index is 15.0. The van der Waals surface area contributed by atoms with Crippen LogP contribution in [0.25, 0.3) is 21.9 Å². The summed E-state index contributed by atoms with van der Waals surface area (Å²) in [5.74, 6) is 3.02. The van der Waals surface area contributed by atoms with Gasteiger partial charge in [-0.25, -0.2) is 22.2 Å². The lowest BCUT2D eigenvalue weighted by atomic mass is 10.1. The number of rotatable bonds is 3. The van der Waals surface area contributed by atoms with Crippen molar-refractivity contribution < 1.29 is 17.2 Å². The van der Waals surface area contributed by atoms with Crippen LogP contribution in [-0.2, 0) is 10.0 Å². The average Bonchev–Trinajstić information content (AvgIpc) is 3.43. The number of benzene rings is 2. The summed E-state index contributed by atoms with van der Waals surface area (Å²) in [4.78, 5) is 4.01. The Hall–Kier alpha value is -4.30. The molecule has 32 heavy (non-hydrogen) atoms. The first-order valence-corrected chi connectivity index (χ1v) is 10.6. The summed E-state index contributed by atoms with van der Waals surface area (Å²) in [5.41, 5.74) is 0.627. The minimum absolute atomic E-state index is 0.0951. The number of H-pyrrole nitrogens is 2. The Kier molecular flexibility index (Phi) is 4.57. The minimum Gasteiger partial charge on any atom is -0.278 e. The third-order valence-electron chi connectivity index (χ3n) is 4.68. The van der Waals surface area contributed by atoms with E-state index in [-0.39, 0.29) is 4.90 Å². The first-order valence-electron chi connectivity index (χ1n) is 9.16. The van der Waals surface area contributed by atoms with Crippen LogP contribution in [0.5, 0.6) is 0 Å². The van der Waals surface area contributed by atoms with E-state index >= 15 is 0 Å². The summed E-state index contributed by atoms with van der Waals surface area (Å²) >= 11 is 0. The highest BCUT2D eigenvalue weighted by molar-refractivity contribution is 7.92. The van der Waals surface area contributed by atoms with Gasteiger partial charge in [-0.2, -0.15) is 10.2 Å². The van der Waals surface area contributed by atoms with E-state index in [1.807, 2.05) is 0 Å². The summed E-state index contributed by atoms with van der Waals surface area (Å²) in [6.45, 7) is 0. The molecule has 0 unspecified atom stereocenters. The molecule has 0 saturated carbocycles. The number of nitrogens with one attached hydrogen (secondary N) is 3. The highest BCUT2D eigenvalue weighted by atomic mass is 32.2. The monoisotopic (exact) mass is 450 g/mol. The molecule has 5 rings (SSSR count). The third kappa shape index (κ3) is 3.52. The molecule has 5 aromatic rings. The minimum atomic E-state index is -4.14. The van der Waals surface area contributed by atoms with Crippen molar-refractivity contribution in [2.45, 2.75) is 4.90 Å². The highest BCUT2D eigenvalue weighted by Gasteiger charge is 2.20. The predicted molar refractivity (Wildman–Crippen MR) is 113 cm³/mol. The molecular weight excluding hydrogens is 438 g/mol. The van der Waals surface area contributed by atoms with Crippen LogP contribution in [0, 0.1) is 23.5 Å². The maximum Gasteiger partial charge on any atom is 0.262 e. The lowest BCUT2D eigenvalue weighted by Gasteiger charge is -2.10. The average molecular weight is 450 g/mol. The Labute approximate surface area is 179 Å². The molecule has 0 saturated heterocycles. The molecule has 11 heteroatoms. The molecule has 0 amide bonds. The van der Waals surface area contributed by atoms with E-state index in [1.165, 1.54) is 24.5 Å². The Morgan fingerprint density at radius 3 is 2.59 bits per heavy atom. The van der Waals surface area contributed by atoms with Crippen LogP contribution in [0.2, 0.25) is 0 Å². The highest BCUT2D eigenvalue weighted by Crippen LogP contribution is 2.25. The number of aromatic amines is 2. The zero-order valence-corrected chi connectivity index (χ0v) is 16.8. The number of pyridine rings is 1. The van der Waals surface area contributed by atoms with E-state index in [0.717, 1.165) is 12.1 Å². The van der Waals surface area contributed by atoms with Gasteiger partial charge in [0.25, 0.3) is 10.0 Å². The number of hydrogen-bond donors (Lipinski definition) is 3. The molecule has 0 aliphatic carbocycles. The maximum atomic E-state index is 15.0. The zero-order chi connectivity index (χ0) is 22.3. The standard InChI is InChI=1S/C21H12F2N6O2S/c22-17-4-6-19(29-32(30,31)15-2-5-18-13(8-15)10-25-27-18)20(23)16(17)3-1-12-7-14-11-26-28-21(14)24-9-12/h2,4-11,29H,(H,25,27)(H,24,26,28). The van der Waals surface area contributed by atoms with Crippen LogP contribution in [0.4, 0.5) is 14.5 Å². The van der Waals surface area contributed by atoms with Crippen LogP contribution in [0.15, 0.2) is 59.9 Å². The van der Waals surface area contributed by atoms with Crippen molar-refractivity contribution in [1.29, 1.82) is 0 Å². The zero-order valence-electron chi connectivity index (χ0n) is 16.0. The van der Waals surface area contributed by atoms with Crippen molar-refractivity contribution in [3.63, 3.8) is 0 Å². The van der Waals surface area contributed by atoms with Crippen molar-refractivity contribution in [2.75, 3.05) is 4.72 Å². The molecule has 0 aliphatic rings. The van der Waals surface area contributed by atoms with Crippen molar-refractivity contribution in [1.82, 2.24) is 25.4 Å². The van der Waals surface area contributed by atoms with Gasteiger partial charge in [0.05, 0.1) is 34.1 Å². The number of halogens is 2. The number of nitrogens with zero attached hydrogens (tertiary/aromatic N) is 3. The molecule has 2 aromatic carbocycles. The second kappa shape index (κ2) is 7.44. The Balaban J connectivity index is 1.49. The molecule has 3 heterocycles. The molecule has 3 aromatic heterocycles. The molecule has 3 N–H and O–H groups in total. The number of fused-ring (bicyclic) bond motifs is 2. The van der Waals surface area contributed by atoms with Gasteiger partial charge in [0.1, 0.15) is 5.82 Å². The predicted octanol–water partition coefficient (Wildman–Crippen LogP) is 3.31. The van der Waals surface area contributed by atoms with Gasteiger partial charge in [0.15, 0.2) is 11.5 Å².